The number of H-pyrrole nitrogens is 1. The number of nitrogens with zero attached hydrogens (tertiary/aromatic N) is 1. The molecule has 1 saturated heterocycles. The lowest BCUT2D eigenvalue weighted by Gasteiger charge is -2.37. The number of hydrogen-bond donors (Lipinski definition) is 8. The van der Waals surface area contributed by atoms with Crippen LogP contribution in [0.15, 0.2) is 81.2 Å². The molecule has 16 nitrogen and oxygen atoms in total. The minimum Gasteiger partial charge on any atom is -0.481 e. The molecule has 4 aliphatic heterocycles. The van der Waals surface area contributed by atoms with Crippen molar-refractivity contribution in [2.75, 3.05) is 0 Å². The van der Waals surface area contributed by atoms with E-state index in [4.69, 9.17) is 14.5 Å². The summed E-state index contributed by atoms with van der Waals surface area (Å²) in [5, 5.41) is 55.1. The van der Waals surface area contributed by atoms with Gasteiger partial charge >= 0.3 is 17.9 Å². The lowest BCUT2D eigenvalue weighted by atomic mass is 9.93. The fourth-order valence-electron chi connectivity index (χ4n) is 7.06. The number of ether oxygens (including phenoxy) is 2. The maximum absolute atomic E-state index is 13.1. The summed E-state index contributed by atoms with van der Waals surface area (Å²) in [5.74, 6) is -4.09. The maximum Gasteiger partial charge on any atom is 0.335 e. The van der Waals surface area contributed by atoms with Gasteiger partial charge in [-0.05, 0) is 80.5 Å². The van der Waals surface area contributed by atoms with Crippen molar-refractivity contribution >= 4 is 41.5 Å². The van der Waals surface area contributed by atoms with Gasteiger partial charge in [-0.1, -0.05) is 25.3 Å². The van der Waals surface area contributed by atoms with Crippen LogP contribution in [0.3, 0.4) is 0 Å². The molecule has 16 heteroatoms. The largest absolute Gasteiger partial charge is 0.481 e. The lowest BCUT2D eigenvalue weighted by molar-refractivity contribution is -0.286. The highest BCUT2D eigenvalue weighted by atomic mass is 16.7. The van der Waals surface area contributed by atoms with Gasteiger partial charge in [0.15, 0.2) is 6.10 Å². The Morgan fingerprint density at radius 1 is 0.836 bits per heavy atom. The number of aromatic nitrogens is 1. The second-order valence-electron chi connectivity index (χ2n) is 13.6. The van der Waals surface area contributed by atoms with Crippen LogP contribution in [0.25, 0.3) is 6.08 Å². The molecule has 0 aromatic carbocycles. The number of carboxylic acid groups (broad SMARTS) is 2. The van der Waals surface area contributed by atoms with Crippen molar-refractivity contribution < 1.29 is 59.0 Å². The zero-order chi connectivity index (χ0) is 40.5. The van der Waals surface area contributed by atoms with Crippen LogP contribution >= 0.6 is 0 Å². The summed E-state index contributed by atoms with van der Waals surface area (Å²) in [6.45, 7) is 14.6. The predicted octanol–water partition coefficient (Wildman–Crippen LogP) is 1.73. The van der Waals surface area contributed by atoms with E-state index in [2.05, 4.69) is 28.8 Å². The molecule has 0 saturated carbocycles. The molecule has 1 aromatic rings. The van der Waals surface area contributed by atoms with Crippen LogP contribution in [-0.2, 0) is 46.3 Å². The predicted molar refractivity (Wildman–Crippen MR) is 197 cm³/mol. The van der Waals surface area contributed by atoms with E-state index >= 15 is 0 Å². The Hall–Kier alpha value is -5.68. The number of nitrogens with one attached hydrogen (secondary N) is 3. The van der Waals surface area contributed by atoms with E-state index in [-0.39, 0.29) is 43.9 Å². The van der Waals surface area contributed by atoms with Gasteiger partial charge in [-0.25, -0.2) is 4.79 Å². The molecule has 55 heavy (non-hydrogen) atoms. The zero-order valence-electron chi connectivity index (χ0n) is 30.8. The number of aromatic amines is 1. The summed E-state index contributed by atoms with van der Waals surface area (Å²) in [6, 6.07) is -0.542. The van der Waals surface area contributed by atoms with Crippen LogP contribution in [0, 0.1) is 6.92 Å². The van der Waals surface area contributed by atoms with Crippen molar-refractivity contribution in [3.63, 3.8) is 0 Å². The minimum absolute atomic E-state index is 0.0619. The van der Waals surface area contributed by atoms with Crippen molar-refractivity contribution in [1.82, 2.24) is 15.6 Å². The molecular formula is C39H44N4O12. The standard InChI is InChI=1S/C39H44N4O12/c1-7-20-19(6)36(50)43-27(20)14-25-18(5)23(10-12-31(46)54-39-34(49)32(47)33(48)35(55-39)38(52)53)29(41-25)15-28-22(9-11-30(44)45)17(4)24(40-28)13-26-16(3)21(8-2)37(51)42-26/h7-8,13-14,28,32-35,39,41,47-49H,1-2,9-12,15H2,3-6H3,(H,42,51)(H,43,50)(H,44,45)(H,52,53)/b26-13+,27-14+/t28-,32-,33-,34-,35+,39+/m1/s1. The maximum atomic E-state index is 13.1. The van der Waals surface area contributed by atoms with Gasteiger partial charge in [0.25, 0.3) is 11.8 Å². The summed E-state index contributed by atoms with van der Waals surface area (Å²) in [6.07, 6.45) is -3.08. The summed E-state index contributed by atoms with van der Waals surface area (Å²) >= 11 is 0. The van der Waals surface area contributed by atoms with Gasteiger partial charge in [-0.3, -0.25) is 24.2 Å². The van der Waals surface area contributed by atoms with Crippen LogP contribution in [0.2, 0.25) is 0 Å². The average molecular weight is 761 g/mol. The highest BCUT2D eigenvalue weighted by Crippen LogP contribution is 2.34. The second kappa shape index (κ2) is 16.4. The van der Waals surface area contributed by atoms with E-state index in [1.807, 2.05) is 13.8 Å². The van der Waals surface area contributed by atoms with E-state index in [0.717, 1.165) is 11.1 Å². The average Bonchev–Trinajstić information content (AvgIpc) is 3.78. The summed E-state index contributed by atoms with van der Waals surface area (Å²) in [4.78, 5) is 69.7. The SMILES string of the molecule is C=CC1=C(C)/C(=C\C2=N[C@H](Cc3[nH]c(/C=C4/NC(=O)C(C)=C4C=C)c(C)c3CCC(=O)O[C@H]3O[C@H](C(=O)O)[C@H](O)[C@@H](O)[C@H]3O)C(CCC(=O)O)=C2C)NC1=O. The molecule has 4 aliphatic rings. The molecule has 8 N–H and O–H groups in total. The molecule has 0 aliphatic carbocycles. The Bertz CT molecular complexity index is 2060. The number of aliphatic hydroxyl groups excluding tert-OH is 3. The number of carboxylic acids is 2. The van der Waals surface area contributed by atoms with Gasteiger partial charge in [0.05, 0.1) is 17.5 Å². The Balaban J connectivity index is 1.49. The van der Waals surface area contributed by atoms with E-state index in [1.165, 1.54) is 6.08 Å². The first kappa shape index (κ1) is 40.5. The van der Waals surface area contributed by atoms with Crippen molar-refractivity contribution in [3.05, 3.63) is 98.7 Å². The zero-order valence-corrected chi connectivity index (χ0v) is 30.8. The molecular weight excluding hydrogens is 716 g/mol. The van der Waals surface area contributed by atoms with E-state index < -0.39 is 54.7 Å². The molecule has 2 amide bonds. The number of esters is 1. The quantitative estimate of drug-likeness (QED) is 0.126. The third kappa shape index (κ3) is 8.22. The van der Waals surface area contributed by atoms with Gasteiger partial charge in [-0.15, -0.1) is 0 Å². The van der Waals surface area contributed by atoms with Gasteiger partial charge in [0.1, 0.15) is 18.3 Å². The number of carbonyl (C=O) groups is 5. The van der Waals surface area contributed by atoms with Crippen molar-refractivity contribution in [2.45, 2.75) is 96.5 Å². The minimum atomic E-state index is -1.96. The Morgan fingerprint density at radius 3 is 2.13 bits per heavy atom. The number of hydrogen-bond acceptors (Lipinski definition) is 11. The monoisotopic (exact) mass is 760 g/mol. The highest BCUT2D eigenvalue weighted by Gasteiger charge is 2.48. The van der Waals surface area contributed by atoms with Crippen LogP contribution in [0.5, 0.6) is 0 Å². The van der Waals surface area contributed by atoms with E-state index in [9.17, 15) is 49.5 Å². The van der Waals surface area contributed by atoms with E-state index in [1.54, 1.807) is 32.1 Å². The lowest BCUT2D eigenvalue weighted by Crippen LogP contribution is -2.60. The van der Waals surface area contributed by atoms with Gasteiger partial charge in [-0.2, -0.15) is 0 Å². The molecule has 5 heterocycles. The molecule has 6 atom stereocenters. The molecule has 1 fully saturated rings. The highest BCUT2D eigenvalue weighted by molar-refractivity contribution is 6.13. The Kier molecular flexibility index (Phi) is 12.0. The Labute approximate surface area is 316 Å². The van der Waals surface area contributed by atoms with Crippen molar-refractivity contribution in [1.29, 1.82) is 0 Å². The van der Waals surface area contributed by atoms with Crippen molar-refractivity contribution in [2.24, 2.45) is 4.99 Å². The molecule has 5 rings (SSSR count). The van der Waals surface area contributed by atoms with Crippen molar-refractivity contribution in [3.8, 4) is 0 Å². The first-order valence-electron chi connectivity index (χ1n) is 17.5. The smallest absolute Gasteiger partial charge is 0.335 e. The number of aliphatic carboxylic acids is 2. The first-order valence-corrected chi connectivity index (χ1v) is 17.5. The summed E-state index contributed by atoms with van der Waals surface area (Å²) in [7, 11) is 0. The number of allylic oxidation sites excluding steroid dienone is 4. The van der Waals surface area contributed by atoms with Gasteiger partial charge in [0, 0.05) is 53.1 Å². The number of rotatable bonds is 14. The topological polar surface area (TPSA) is 257 Å². The molecule has 0 radical (unpaired) electrons. The normalized spacial score (nSPS) is 26.9. The fraction of sp³-hybridized carbons (Fsp3) is 0.385. The number of aliphatic hydroxyl groups is 3. The molecule has 0 spiro atoms. The van der Waals surface area contributed by atoms with Crippen LogP contribution in [0.1, 0.15) is 62.5 Å². The number of aliphatic imine (C=N–C) groups is 1. The molecule has 0 bridgehead atoms. The number of amides is 2. The first-order chi connectivity index (χ1) is 26.0. The summed E-state index contributed by atoms with van der Waals surface area (Å²) in [5.41, 5.74) is 7.97. The fourth-order valence-corrected chi connectivity index (χ4v) is 7.06. The van der Waals surface area contributed by atoms with E-state index in [0.29, 0.717) is 61.9 Å². The van der Waals surface area contributed by atoms with Gasteiger partial charge in [0.2, 0.25) is 6.29 Å². The third-order valence-corrected chi connectivity index (χ3v) is 10.3. The Morgan fingerprint density at radius 2 is 1.51 bits per heavy atom. The van der Waals surface area contributed by atoms with Crippen LogP contribution in [-0.4, -0.2) is 103 Å². The molecule has 292 valence electrons. The third-order valence-electron chi connectivity index (χ3n) is 10.3. The van der Waals surface area contributed by atoms with Gasteiger partial charge < -0.3 is 50.6 Å². The number of carbonyl (C=O) groups excluding carboxylic acids is 3. The van der Waals surface area contributed by atoms with Crippen LogP contribution in [0.4, 0.5) is 0 Å². The molecule has 1 aromatic heterocycles. The summed E-state index contributed by atoms with van der Waals surface area (Å²) < 4.78 is 10.3. The molecule has 0 unspecified atom stereocenters. The van der Waals surface area contributed by atoms with Crippen LogP contribution < -0.4 is 10.6 Å². The second-order valence-corrected chi connectivity index (χ2v) is 13.6.